The smallest absolute Gasteiger partial charge is 0.305 e. The summed E-state index contributed by atoms with van der Waals surface area (Å²) in [6.07, 6.45) is 3.76. The summed E-state index contributed by atoms with van der Waals surface area (Å²) in [6.45, 7) is 11.5. The van der Waals surface area contributed by atoms with Gasteiger partial charge in [-0.25, -0.2) is 0 Å². The summed E-state index contributed by atoms with van der Waals surface area (Å²) < 4.78 is 32.7. The normalized spacial score (nSPS) is 22.9. The molecule has 1 aliphatic heterocycles. The summed E-state index contributed by atoms with van der Waals surface area (Å²) in [6, 6.07) is 4.45. The number of hydrogen-bond acceptors (Lipinski definition) is 11. The Bertz CT molecular complexity index is 1230. The lowest BCUT2D eigenvalue weighted by Crippen LogP contribution is -2.62. The van der Waals surface area contributed by atoms with Crippen LogP contribution in [0.4, 0.5) is 0 Å². The summed E-state index contributed by atoms with van der Waals surface area (Å²) in [5.41, 5.74) is 2.68. The van der Waals surface area contributed by atoms with Gasteiger partial charge in [-0.3, -0.25) is 19.1 Å². The summed E-state index contributed by atoms with van der Waals surface area (Å²) >= 11 is 0. The molecule has 0 saturated carbocycles. The summed E-state index contributed by atoms with van der Waals surface area (Å²) in [5.74, 6) is -2.01. The highest BCUT2D eigenvalue weighted by atomic mass is 16.8. The van der Waals surface area contributed by atoms with E-state index in [-0.39, 0.29) is 17.1 Å². The third kappa shape index (κ3) is 12.1. The number of ether oxygens (including phenoxy) is 6. The molecule has 1 saturated heterocycles. The minimum Gasteiger partial charge on any atom is -0.508 e. The first-order valence-corrected chi connectivity index (χ1v) is 14.5. The zero-order chi connectivity index (χ0) is 33.0. The van der Waals surface area contributed by atoms with Crippen LogP contribution in [0.3, 0.4) is 0 Å². The van der Waals surface area contributed by atoms with E-state index >= 15 is 0 Å². The fourth-order valence-electron chi connectivity index (χ4n) is 4.37. The number of phenols is 1. The molecule has 244 valence electrons. The zero-order valence-electron chi connectivity index (χ0n) is 26.8. The van der Waals surface area contributed by atoms with Gasteiger partial charge in [-0.1, -0.05) is 35.5 Å². The molecule has 1 aromatic carbocycles. The molecule has 0 aromatic heterocycles. The van der Waals surface area contributed by atoms with Crippen molar-refractivity contribution in [3.63, 3.8) is 0 Å². The minimum atomic E-state index is -1.63. The Labute approximate surface area is 259 Å². The van der Waals surface area contributed by atoms with Crippen molar-refractivity contribution < 1.29 is 53.0 Å². The van der Waals surface area contributed by atoms with E-state index in [9.17, 15) is 24.6 Å². The van der Waals surface area contributed by atoms with E-state index in [2.05, 4.69) is 19.1 Å². The van der Waals surface area contributed by atoms with Crippen molar-refractivity contribution in [3.05, 3.63) is 59.2 Å². The van der Waals surface area contributed by atoms with Crippen LogP contribution in [0.2, 0.25) is 0 Å². The molecule has 0 spiro atoms. The van der Waals surface area contributed by atoms with Crippen molar-refractivity contribution in [3.8, 4) is 11.5 Å². The molecule has 0 bridgehead atoms. The Morgan fingerprint density at radius 2 is 1.55 bits per heavy atom. The van der Waals surface area contributed by atoms with Crippen LogP contribution in [0, 0.1) is 0 Å². The Morgan fingerprint density at radius 3 is 2.16 bits per heavy atom. The van der Waals surface area contributed by atoms with E-state index < -0.39 is 48.8 Å². The Balaban J connectivity index is 2.18. The number of methoxy groups -OCH3 is 1. The molecule has 1 heterocycles. The highest BCUT2D eigenvalue weighted by Gasteiger charge is 2.52. The summed E-state index contributed by atoms with van der Waals surface area (Å²) in [5, 5.41) is 21.2. The van der Waals surface area contributed by atoms with E-state index in [1.54, 1.807) is 7.11 Å². The lowest BCUT2D eigenvalue weighted by atomic mass is 10.0. The molecule has 1 aromatic rings. The maximum absolute atomic E-state index is 11.8. The largest absolute Gasteiger partial charge is 0.508 e. The number of hydrogen-bond donors (Lipinski definition) is 2. The number of aliphatic hydroxyl groups excluding tert-OH is 1. The van der Waals surface area contributed by atoms with E-state index in [0.29, 0.717) is 12.0 Å². The Hall–Kier alpha value is -3.67. The molecule has 11 heteroatoms. The molecule has 11 nitrogen and oxygen atoms in total. The number of rotatable bonds is 14. The van der Waals surface area contributed by atoms with Crippen LogP contribution in [0.25, 0.3) is 0 Å². The molecule has 0 aliphatic carbocycles. The molecular weight excluding hydrogens is 572 g/mol. The third-order valence-corrected chi connectivity index (χ3v) is 6.84. The van der Waals surface area contributed by atoms with Crippen molar-refractivity contribution in [2.75, 3.05) is 7.11 Å². The number of allylic oxidation sites excluding steroid dienone is 5. The van der Waals surface area contributed by atoms with Crippen molar-refractivity contribution in [1.29, 1.82) is 0 Å². The number of phenolic OH excluding ortho intramolecular Hbond substituents is 1. The topological polar surface area (TPSA) is 147 Å². The summed E-state index contributed by atoms with van der Waals surface area (Å²) in [7, 11) is 1.69. The van der Waals surface area contributed by atoms with Crippen LogP contribution in [0.15, 0.2) is 53.6 Å². The predicted molar refractivity (Wildman–Crippen MR) is 162 cm³/mol. The van der Waals surface area contributed by atoms with Crippen molar-refractivity contribution in [2.24, 2.45) is 0 Å². The van der Waals surface area contributed by atoms with Crippen LogP contribution in [0.5, 0.6) is 11.5 Å². The number of aromatic hydroxyl groups is 1. The van der Waals surface area contributed by atoms with Gasteiger partial charge < -0.3 is 33.9 Å². The average molecular weight is 619 g/mol. The maximum atomic E-state index is 11.8. The predicted octanol–water partition coefficient (Wildman–Crippen LogP) is 4.83. The lowest BCUT2D eigenvalue weighted by Gasteiger charge is -2.42. The highest BCUT2D eigenvalue weighted by Crippen LogP contribution is 2.32. The number of benzene rings is 1. The highest BCUT2D eigenvalue weighted by molar-refractivity contribution is 5.68. The number of carbonyl (C=O) groups is 3. The second-order valence-electron chi connectivity index (χ2n) is 11.3. The standard InChI is InChI=1S/C33H46O11/c1-20(13-10-18-33(6,7)39-8)11-9-12-21(2)14-15-25-19-26(37)16-17-27(25)43-31-28(38)29(40-22(3)34)30(41-23(4)35)32(44-31)42-24(5)36/h10-11,14,16-19,28-32,37-38H,9,12-13,15H2,1-8H3. The van der Waals surface area contributed by atoms with Crippen molar-refractivity contribution >= 4 is 17.9 Å². The van der Waals surface area contributed by atoms with Gasteiger partial charge >= 0.3 is 17.9 Å². The van der Waals surface area contributed by atoms with Gasteiger partial charge in [0.2, 0.25) is 18.7 Å². The quantitative estimate of drug-likeness (QED) is 0.168. The van der Waals surface area contributed by atoms with Gasteiger partial charge in [-0.2, -0.15) is 0 Å². The van der Waals surface area contributed by atoms with Crippen LogP contribution in [-0.2, 0) is 44.5 Å². The maximum Gasteiger partial charge on any atom is 0.305 e. The first-order chi connectivity index (χ1) is 20.6. The van der Waals surface area contributed by atoms with Crippen LogP contribution in [-0.4, -0.2) is 71.7 Å². The second-order valence-corrected chi connectivity index (χ2v) is 11.3. The van der Waals surface area contributed by atoms with Gasteiger partial charge in [-0.15, -0.1) is 0 Å². The van der Waals surface area contributed by atoms with Crippen LogP contribution in [0.1, 0.15) is 73.3 Å². The summed E-state index contributed by atoms with van der Waals surface area (Å²) in [4.78, 5) is 35.3. The SMILES string of the molecule is COC(C)(C)C=CCC(C)=CCCC(C)=CCc1cc(O)ccc1OC1OC(OC(C)=O)C(OC(C)=O)C(OC(C)=O)C1O. The fourth-order valence-corrected chi connectivity index (χ4v) is 4.37. The van der Waals surface area contributed by atoms with E-state index in [0.717, 1.165) is 45.6 Å². The molecule has 2 rings (SSSR count). The lowest BCUT2D eigenvalue weighted by molar-refractivity contribution is -0.327. The second kappa shape index (κ2) is 17.0. The van der Waals surface area contributed by atoms with Gasteiger partial charge in [0.05, 0.1) is 5.60 Å². The van der Waals surface area contributed by atoms with E-state index in [4.69, 9.17) is 28.4 Å². The number of esters is 3. The average Bonchev–Trinajstić information content (AvgIpc) is 2.92. The first-order valence-electron chi connectivity index (χ1n) is 14.5. The molecule has 44 heavy (non-hydrogen) atoms. The van der Waals surface area contributed by atoms with Gasteiger partial charge in [0.25, 0.3) is 0 Å². The van der Waals surface area contributed by atoms with Crippen LogP contribution >= 0.6 is 0 Å². The van der Waals surface area contributed by atoms with Crippen molar-refractivity contribution in [2.45, 2.75) is 111 Å². The Kier molecular flexibility index (Phi) is 14.1. The molecule has 0 amide bonds. The fraction of sp³-hybridized carbons (Fsp3) is 0.545. The van der Waals surface area contributed by atoms with Gasteiger partial charge in [-0.05, 0) is 71.6 Å². The first kappa shape index (κ1) is 36.5. The van der Waals surface area contributed by atoms with Crippen molar-refractivity contribution in [1.82, 2.24) is 0 Å². The zero-order valence-corrected chi connectivity index (χ0v) is 26.8. The molecule has 0 radical (unpaired) electrons. The minimum absolute atomic E-state index is 0.0114. The molecule has 5 unspecified atom stereocenters. The van der Waals surface area contributed by atoms with E-state index in [1.807, 2.05) is 32.9 Å². The van der Waals surface area contributed by atoms with Gasteiger partial charge in [0, 0.05) is 33.4 Å². The molecular formula is C33H46O11. The number of aliphatic hydroxyl groups is 1. The molecule has 5 atom stereocenters. The Morgan fingerprint density at radius 1 is 0.909 bits per heavy atom. The molecule has 1 aliphatic rings. The molecule has 2 N–H and O–H groups in total. The molecule has 1 fully saturated rings. The van der Waals surface area contributed by atoms with Crippen LogP contribution < -0.4 is 4.74 Å². The third-order valence-electron chi connectivity index (χ3n) is 6.84. The monoisotopic (exact) mass is 618 g/mol. The van der Waals surface area contributed by atoms with Gasteiger partial charge in [0.15, 0.2) is 12.2 Å². The van der Waals surface area contributed by atoms with Gasteiger partial charge in [0.1, 0.15) is 11.5 Å². The van der Waals surface area contributed by atoms with E-state index in [1.165, 1.54) is 23.8 Å². The number of carbonyl (C=O) groups excluding carboxylic acids is 3.